The summed E-state index contributed by atoms with van der Waals surface area (Å²) in [6.07, 6.45) is 0. The Labute approximate surface area is 349 Å². The van der Waals surface area contributed by atoms with Crippen molar-refractivity contribution >= 4 is 64.4 Å². The monoisotopic (exact) mass is 783 g/mol. The molecule has 12 rings (SSSR count). The molecule has 0 fully saturated rings. The maximum atomic E-state index is 6.18. The predicted molar refractivity (Wildman–Crippen MR) is 250 cm³/mol. The summed E-state index contributed by atoms with van der Waals surface area (Å²) < 4.78 is 8.58. The average Bonchev–Trinajstić information content (AvgIpc) is 3.91. The zero-order chi connectivity index (χ0) is 39.6. The summed E-state index contributed by atoms with van der Waals surface area (Å²) >= 11 is 1.80. The Balaban J connectivity index is 1.05. The van der Waals surface area contributed by atoms with E-state index in [0.717, 1.165) is 88.0 Å². The average molecular weight is 784 g/mol. The minimum Gasteiger partial charge on any atom is -0.456 e. The van der Waals surface area contributed by atoms with Crippen LogP contribution in [0.15, 0.2) is 205 Å². The summed E-state index contributed by atoms with van der Waals surface area (Å²) in [7, 11) is 0. The van der Waals surface area contributed by atoms with Gasteiger partial charge in [-0.15, -0.1) is 11.3 Å². The third-order valence-electron chi connectivity index (χ3n) is 11.5. The molecular formula is C55H33N3OS. The van der Waals surface area contributed by atoms with Crippen molar-refractivity contribution < 1.29 is 4.42 Å². The van der Waals surface area contributed by atoms with Crippen molar-refractivity contribution in [1.29, 1.82) is 0 Å². The third-order valence-corrected chi connectivity index (χ3v) is 12.7. The van der Waals surface area contributed by atoms with Crippen LogP contribution in [0.2, 0.25) is 0 Å². The molecule has 0 radical (unpaired) electrons. The van der Waals surface area contributed by atoms with Crippen LogP contribution in [-0.4, -0.2) is 15.0 Å². The highest BCUT2D eigenvalue weighted by Crippen LogP contribution is 2.45. The maximum absolute atomic E-state index is 6.18. The molecule has 0 unspecified atom stereocenters. The summed E-state index contributed by atoms with van der Waals surface area (Å²) in [6, 6.07) is 70.2. The third kappa shape index (κ3) is 5.78. The van der Waals surface area contributed by atoms with Gasteiger partial charge < -0.3 is 4.42 Å². The number of fused-ring (bicyclic) bond motifs is 8. The van der Waals surface area contributed by atoms with Gasteiger partial charge in [0.25, 0.3) is 0 Å². The number of thiophene rings is 1. The molecule has 0 aliphatic rings. The van der Waals surface area contributed by atoms with Gasteiger partial charge in [0.1, 0.15) is 11.2 Å². The first-order valence-corrected chi connectivity index (χ1v) is 20.9. The summed E-state index contributed by atoms with van der Waals surface area (Å²) in [5, 5.41) is 5.77. The number of hydrogen-bond donors (Lipinski definition) is 0. The first kappa shape index (κ1) is 34.3. The van der Waals surface area contributed by atoms with E-state index in [0.29, 0.717) is 5.82 Å². The highest BCUT2D eigenvalue weighted by Gasteiger charge is 2.20. The smallest absolute Gasteiger partial charge is 0.160 e. The molecule has 4 aromatic heterocycles. The van der Waals surface area contributed by atoms with Crippen molar-refractivity contribution in [2.24, 2.45) is 0 Å². The fraction of sp³-hybridized carbons (Fsp3) is 0. The van der Waals surface area contributed by atoms with Gasteiger partial charge in [-0.25, -0.2) is 15.0 Å². The van der Waals surface area contributed by atoms with Crippen LogP contribution < -0.4 is 0 Å². The van der Waals surface area contributed by atoms with E-state index in [2.05, 4.69) is 176 Å². The Kier molecular flexibility index (Phi) is 8.00. The lowest BCUT2D eigenvalue weighted by Crippen LogP contribution is -1.96. The van der Waals surface area contributed by atoms with Crippen molar-refractivity contribution in [3.8, 4) is 67.4 Å². The lowest BCUT2D eigenvalue weighted by molar-refractivity contribution is 0.669. The number of hydrogen-bond acceptors (Lipinski definition) is 5. The summed E-state index contributed by atoms with van der Waals surface area (Å²) in [5.74, 6) is 0.650. The highest BCUT2D eigenvalue weighted by atomic mass is 32.1. The van der Waals surface area contributed by atoms with Crippen molar-refractivity contribution in [2.75, 3.05) is 0 Å². The van der Waals surface area contributed by atoms with Crippen molar-refractivity contribution in [1.82, 2.24) is 15.0 Å². The Hall–Kier alpha value is -7.73. The van der Waals surface area contributed by atoms with Gasteiger partial charge in [0.2, 0.25) is 0 Å². The van der Waals surface area contributed by atoms with E-state index in [-0.39, 0.29) is 0 Å². The number of rotatable bonds is 6. The topological polar surface area (TPSA) is 51.8 Å². The molecule has 12 aromatic rings. The predicted octanol–water partition coefficient (Wildman–Crippen LogP) is 15.3. The van der Waals surface area contributed by atoms with Crippen LogP contribution in [0, 0.1) is 0 Å². The Bertz CT molecular complexity index is 3610. The zero-order valence-electron chi connectivity index (χ0n) is 32.2. The molecule has 4 heterocycles. The lowest BCUT2D eigenvalue weighted by Gasteiger charge is -2.13. The standard InChI is InChI=1S/C55H33N3OS/c1-3-14-34(15-4-1)36-18-11-19-37(30-36)41-24-13-25-44-51-43-23-8-10-27-50(43)60-54(51)52(58-53(41)44)39-20-12-21-40(31-39)55-56-46(35-16-5-2-6-17-35)33-47(57-55)38-28-29-49-45(32-38)42-22-7-9-26-48(42)59-49/h1-33H. The summed E-state index contributed by atoms with van der Waals surface area (Å²) in [4.78, 5) is 16.1. The number of pyridine rings is 1. The molecule has 0 bridgehead atoms. The van der Waals surface area contributed by atoms with Gasteiger partial charge in [0, 0.05) is 59.4 Å². The zero-order valence-corrected chi connectivity index (χ0v) is 33.0. The van der Waals surface area contributed by atoms with Gasteiger partial charge in [-0.2, -0.15) is 0 Å². The molecule has 0 aliphatic heterocycles. The Morgan fingerprint density at radius 3 is 1.83 bits per heavy atom. The molecule has 0 amide bonds. The van der Waals surface area contributed by atoms with E-state index in [1.807, 2.05) is 24.3 Å². The fourth-order valence-electron chi connectivity index (χ4n) is 8.61. The fourth-order valence-corrected chi connectivity index (χ4v) is 9.83. The molecule has 0 N–H and O–H groups in total. The number of benzene rings is 8. The summed E-state index contributed by atoms with van der Waals surface area (Å²) in [5.41, 5.74) is 13.9. The van der Waals surface area contributed by atoms with Gasteiger partial charge in [0.15, 0.2) is 5.82 Å². The normalized spacial score (nSPS) is 11.7. The van der Waals surface area contributed by atoms with Crippen LogP contribution in [0.5, 0.6) is 0 Å². The maximum Gasteiger partial charge on any atom is 0.160 e. The van der Waals surface area contributed by atoms with Gasteiger partial charge in [-0.1, -0.05) is 152 Å². The Morgan fingerprint density at radius 1 is 0.367 bits per heavy atom. The van der Waals surface area contributed by atoms with Gasteiger partial charge in [-0.05, 0) is 65.2 Å². The number of furan rings is 1. The van der Waals surface area contributed by atoms with E-state index in [4.69, 9.17) is 19.4 Å². The number of nitrogens with zero attached hydrogens (tertiary/aromatic N) is 3. The van der Waals surface area contributed by atoms with Gasteiger partial charge in [0.05, 0.1) is 27.3 Å². The van der Waals surface area contributed by atoms with Crippen LogP contribution in [0.25, 0.3) is 120 Å². The second kappa shape index (κ2) is 14.0. The van der Waals surface area contributed by atoms with E-state index >= 15 is 0 Å². The second-order valence-electron chi connectivity index (χ2n) is 15.1. The van der Waals surface area contributed by atoms with E-state index in [1.165, 1.54) is 26.6 Å². The molecule has 0 spiro atoms. The van der Waals surface area contributed by atoms with Crippen molar-refractivity contribution in [3.05, 3.63) is 200 Å². The van der Waals surface area contributed by atoms with E-state index in [9.17, 15) is 0 Å². The Morgan fingerprint density at radius 2 is 0.983 bits per heavy atom. The first-order chi connectivity index (χ1) is 29.7. The number of aromatic nitrogens is 3. The molecule has 0 atom stereocenters. The van der Waals surface area contributed by atoms with Crippen LogP contribution in [0.3, 0.4) is 0 Å². The second-order valence-corrected chi connectivity index (χ2v) is 16.2. The summed E-state index contributed by atoms with van der Waals surface area (Å²) in [6.45, 7) is 0. The van der Waals surface area contributed by atoms with E-state index in [1.54, 1.807) is 11.3 Å². The molecule has 0 saturated heterocycles. The lowest BCUT2D eigenvalue weighted by atomic mass is 9.95. The number of para-hydroxylation sites is 2. The molecule has 0 saturated carbocycles. The molecule has 8 aromatic carbocycles. The van der Waals surface area contributed by atoms with Crippen LogP contribution in [0.1, 0.15) is 0 Å². The van der Waals surface area contributed by atoms with E-state index < -0.39 is 0 Å². The highest BCUT2D eigenvalue weighted by molar-refractivity contribution is 7.26. The minimum atomic E-state index is 0.650. The SMILES string of the molecule is c1ccc(-c2cccc(-c3cccc4c3nc(-c3cccc(-c5nc(-c6ccccc6)cc(-c6ccc7oc8ccccc8c7c6)n5)c3)c3sc5ccccc5c34)c2)cc1. The van der Waals surface area contributed by atoms with Gasteiger partial charge in [-0.3, -0.25) is 0 Å². The van der Waals surface area contributed by atoms with Crippen molar-refractivity contribution in [3.63, 3.8) is 0 Å². The molecule has 60 heavy (non-hydrogen) atoms. The minimum absolute atomic E-state index is 0.650. The van der Waals surface area contributed by atoms with Crippen LogP contribution in [-0.2, 0) is 0 Å². The van der Waals surface area contributed by atoms with Crippen LogP contribution >= 0.6 is 11.3 Å². The van der Waals surface area contributed by atoms with Crippen LogP contribution in [0.4, 0.5) is 0 Å². The largest absolute Gasteiger partial charge is 0.456 e. The first-order valence-electron chi connectivity index (χ1n) is 20.1. The van der Waals surface area contributed by atoms with Gasteiger partial charge >= 0.3 is 0 Å². The molecule has 5 heteroatoms. The molecule has 4 nitrogen and oxygen atoms in total. The molecule has 280 valence electrons. The van der Waals surface area contributed by atoms with Crippen molar-refractivity contribution in [2.45, 2.75) is 0 Å². The molecule has 0 aliphatic carbocycles. The quantitative estimate of drug-likeness (QED) is 0.169. The molecular weight excluding hydrogens is 751 g/mol.